The van der Waals surface area contributed by atoms with Crippen LogP contribution in [0.5, 0.6) is 0 Å². The van der Waals surface area contributed by atoms with Crippen LogP contribution in [0.1, 0.15) is 28.7 Å². The van der Waals surface area contributed by atoms with E-state index in [2.05, 4.69) is 10.1 Å². The minimum Gasteiger partial charge on any atom is -0.462 e. The molecule has 142 valence electrons. The molecule has 26 heavy (non-hydrogen) atoms. The third kappa shape index (κ3) is 3.37. The Bertz CT molecular complexity index is 845. The molecule has 0 fully saturated rings. The third-order valence-electron chi connectivity index (χ3n) is 3.45. The molecular weight excluding hydrogens is 368 g/mol. The number of benzene rings is 1. The van der Waals surface area contributed by atoms with Gasteiger partial charge in [0.05, 0.1) is 17.7 Å². The molecule has 0 unspecified atom stereocenters. The highest BCUT2D eigenvalue weighted by atomic mass is 19.4. The van der Waals surface area contributed by atoms with Crippen LogP contribution in [-0.2, 0) is 17.7 Å². The first-order valence-corrected chi connectivity index (χ1v) is 7.23. The normalized spacial score (nSPS) is 12.3. The van der Waals surface area contributed by atoms with E-state index in [4.69, 9.17) is 4.74 Å². The molecular formula is C15H13F6N3O2. The van der Waals surface area contributed by atoms with E-state index in [-0.39, 0.29) is 17.7 Å². The summed E-state index contributed by atoms with van der Waals surface area (Å²) in [6, 6.07) is 1.90. The van der Waals surface area contributed by atoms with E-state index in [1.807, 2.05) is 0 Å². The van der Waals surface area contributed by atoms with E-state index in [9.17, 15) is 31.1 Å². The van der Waals surface area contributed by atoms with Gasteiger partial charge in [-0.1, -0.05) is 0 Å². The van der Waals surface area contributed by atoms with Crippen LogP contribution in [0.4, 0.5) is 26.3 Å². The van der Waals surface area contributed by atoms with Crippen LogP contribution in [0.3, 0.4) is 0 Å². The summed E-state index contributed by atoms with van der Waals surface area (Å²) in [5, 5.41) is 3.05. The van der Waals surface area contributed by atoms with Gasteiger partial charge >= 0.3 is 18.1 Å². The number of hydrogen-bond donors (Lipinski definition) is 0. The van der Waals surface area contributed by atoms with Gasteiger partial charge in [-0.15, -0.1) is 5.10 Å². The highest BCUT2D eigenvalue weighted by Crippen LogP contribution is 2.43. The van der Waals surface area contributed by atoms with Gasteiger partial charge in [-0.3, -0.25) is 0 Å². The van der Waals surface area contributed by atoms with E-state index >= 15 is 0 Å². The molecule has 2 aromatic rings. The summed E-state index contributed by atoms with van der Waals surface area (Å²) >= 11 is 0. The lowest BCUT2D eigenvalue weighted by molar-refractivity contribution is -0.292. The Labute approximate surface area is 143 Å². The summed E-state index contributed by atoms with van der Waals surface area (Å²) in [6.45, 7) is 3.00. The fourth-order valence-electron chi connectivity index (χ4n) is 2.15. The zero-order valence-corrected chi connectivity index (χ0v) is 13.8. The number of hydrogen-bond acceptors (Lipinski definition) is 4. The fourth-order valence-corrected chi connectivity index (χ4v) is 2.15. The molecule has 0 aliphatic heterocycles. The van der Waals surface area contributed by atoms with Crippen LogP contribution in [0.2, 0.25) is 0 Å². The minimum atomic E-state index is -5.91. The molecule has 0 amide bonds. The van der Waals surface area contributed by atoms with Crippen LogP contribution in [-0.4, -0.2) is 33.5 Å². The summed E-state index contributed by atoms with van der Waals surface area (Å²) in [7, 11) is 1.03. The topological polar surface area (TPSA) is 57.0 Å². The Morgan fingerprint density at radius 1 is 1.23 bits per heavy atom. The quantitative estimate of drug-likeness (QED) is 0.598. The maximum Gasteiger partial charge on any atom is 0.461 e. The van der Waals surface area contributed by atoms with Crippen LogP contribution in [0.15, 0.2) is 12.1 Å². The van der Waals surface area contributed by atoms with Crippen LogP contribution in [0.25, 0.3) is 11.4 Å². The van der Waals surface area contributed by atoms with E-state index in [1.54, 1.807) is 6.92 Å². The average molecular weight is 381 g/mol. The zero-order valence-electron chi connectivity index (χ0n) is 13.8. The molecule has 11 heteroatoms. The first-order valence-electron chi connectivity index (χ1n) is 7.23. The lowest BCUT2D eigenvalue weighted by Gasteiger charge is -2.15. The summed E-state index contributed by atoms with van der Waals surface area (Å²) in [6.07, 6.45) is -5.91. The van der Waals surface area contributed by atoms with Crippen molar-refractivity contribution in [1.82, 2.24) is 14.8 Å². The predicted molar refractivity (Wildman–Crippen MR) is 77.0 cm³/mol. The first kappa shape index (κ1) is 19.7. The zero-order chi connectivity index (χ0) is 19.9. The van der Waals surface area contributed by atoms with Gasteiger partial charge in [0.25, 0.3) is 0 Å². The van der Waals surface area contributed by atoms with E-state index < -0.39 is 41.1 Å². The second-order valence-electron chi connectivity index (χ2n) is 5.32. The number of aromatic nitrogens is 3. The Morgan fingerprint density at radius 3 is 2.38 bits per heavy atom. The monoisotopic (exact) mass is 381 g/mol. The SMILES string of the molecule is CCOC(=O)c1cc(-c2nc(C(F)(F)C(F)(F)F)nn2C)c(F)cc1C. The maximum absolute atomic E-state index is 14.2. The number of carbonyl (C=O) groups excluding carboxylic acids is 1. The number of nitrogens with zero attached hydrogens (tertiary/aromatic N) is 3. The summed E-state index contributed by atoms with van der Waals surface area (Å²) in [4.78, 5) is 15.0. The van der Waals surface area contributed by atoms with Crippen molar-refractivity contribution in [3.63, 3.8) is 0 Å². The number of aryl methyl sites for hydroxylation is 2. The Morgan fingerprint density at radius 2 is 1.85 bits per heavy atom. The van der Waals surface area contributed by atoms with E-state index in [0.29, 0.717) is 4.68 Å². The second kappa shape index (κ2) is 6.61. The number of alkyl halides is 5. The van der Waals surface area contributed by atoms with Gasteiger partial charge in [-0.25, -0.2) is 18.9 Å². The number of rotatable bonds is 4. The van der Waals surface area contributed by atoms with Crippen molar-refractivity contribution >= 4 is 5.97 Å². The molecule has 2 rings (SSSR count). The Balaban J connectivity index is 2.60. The van der Waals surface area contributed by atoms with Gasteiger partial charge < -0.3 is 4.74 Å². The fraction of sp³-hybridized carbons (Fsp3) is 0.400. The highest BCUT2D eigenvalue weighted by molar-refractivity contribution is 5.92. The smallest absolute Gasteiger partial charge is 0.461 e. The molecule has 0 radical (unpaired) electrons. The molecule has 0 spiro atoms. The number of halogens is 6. The molecule has 0 aliphatic rings. The molecule has 0 atom stereocenters. The number of ether oxygens (including phenoxy) is 1. The Kier molecular flexibility index (Phi) is 5.02. The molecule has 0 saturated carbocycles. The number of carbonyl (C=O) groups is 1. The van der Waals surface area contributed by atoms with Crippen molar-refractivity contribution in [2.45, 2.75) is 25.9 Å². The molecule has 0 N–H and O–H groups in total. The average Bonchev–Trinajstić information content (AvgIpc) is 2.89. The lowest BCUT2D eigenvalue weighted by Crippen LogP contribution is -2.34. The van der Waals surface area contributed by atoms with Gasteiger partial charge in [0.2, 0.25) is 5.82 Å². The molecule has 1 aromatic heterocycles. The van der Waals surface area contributed by atoms with E-state index in [1.165, 1.54) is 6.92 Å². The van der Waals surface area contributed by atoms with E-state index in [0.717, 1.165) is 19.2 Å². The number of esters is 1. The third-order valence-corrected chi connectivity index (χ3v) is 3.45. The second-order valence-corrected chi connectivity index (χ2v) is 5.32. The molecule has 0 aliphatic carbocycles. The predicted octanol–water partition coefficient (Wildman–Crippen LogP) is 3.76. The van der Waals surface area contributed by atoms with Crippen LogP contribution >= 0.6 is 0 Å². The molecule has 0 saturated heterocycles. The van der Waals surface area contributed by atoms with Gasteiger partial charge in [0.1, 0.15) is 5.82 Å². The molecule has 0 bridgehead atoms. The molecule has 1 aromatic carbocycles. The van der Waals surface area contributed by atoms with Gasteiger partial charge in [0, 0.05) is 7.05 Å². The van der Waals surface area contributed by atoms with Crippen LogP contribution in [0, 0.1) is 12.7 Å². The van der Waals surface area contributed by atoms with Gasteiger partial charge in [-0.05, 0) is 31.5 Å². The van der Waals surface area contributed by atoms with Crippen molar-refractivity contribution in [1.29, 1.82) is 0 Å². The van der Waals surface area contributed by atoms with Gasteiger partial charge in [0.15, 0.2) is 5.82 Å². The summed E-state index contributed by atoms with van der Waals surface area (Å²) < 4.78 is 83.9. The maximum atomic E-state index is 14.2. The van der Waals surface area contributed by atoms with Crippen molar-refractivity contribution in [3.05, 3.63) is 34.9 Å². The van der Waals surface area contributed by atoms with Crippen molar-refractivity contribution in [2.75, 3.05) is 6.61 Å². The highest BCUT2D eigenvalue weighted by Gasteiger charge is 2.62. The minimum absolute atomic E-state index is 0.0386. The van der Waals surface area contributed by atoms with Crippen LogP contribution < -0.4 is 0 Å². The largest absolute Gasteiger partial charge is 0.462 e. The summed E-state index contributed by atoms with van der Waals surface area (Å²) in [5.41, 5.74) is -0.332. The van der Waals surface area contributed by atoms with Gasteiger partial charge in [-0.2, -0.15) is 22.0 Å². The Hall–Kier alpha value is -2.59. The standard InChI is InChI=1S/C15H13F6N3O2/c1-4-26-12(25)8-6-9(10(16)5-7(8)2)11-22-13(23-24(11)3)14(17,18)15(19,20)21/h5-6H,4H2,1-3H3. The first-order chi connectivity index (χ1) is 11.9. The lowest BCUT2D eigenvalue weighted by atomic mass is 10.0. The molecule has 5 nitrogen and oxygen atoms in total. The molecule has 1 heterocycles. The van der Waals surface area contributed by atoms with Crippen molar-refractivity contribution in [3.8, 4) is 11.4 Å². The van der Waals surface area contributed by atoms with Crippen molar-refractivity contribution in [2.24, 2.45) is 7.05 Å². The van der Waals surface area contributed by atoms with Crippen molar-refractivity contribution < 1.29 is 35.9 Å². The summed E-state index contributed by atoms with van der Waals surface area (Å²) in [5.74, 6) is -9.48.